The van der Waals surface area contributed by atoms with Gasteiger partial charge in [0, 0.05) is 24.1 Å². The molecule has 0 radical (unpaired) electrons. The number of amides is 1. The monoisotopic (exact) mass is 317 g/mol. The lowest BCUT2D eigenvalue weighted by Crippen LogP contribution is -2.46. The summed E-state index contributed by atoms with van der Waals surface area (Å²) in [5.74, 6) is 1.71. The quantitative estimate of drug-likeness (QED) is 0.932. The van der Waals surface area contributed by atoms with Crippen molar-refractivity contribution in [3.05, 3.63) is 29.8 Å². The molecule has 4 heteroatoms. The minimum atomic E-state index is -0.263. The van der Waals surface area contributed by atoms with Crippen molar-refractivity contribution < 1.29 is 14.6 Å². The third-order valence-corrected chi connectivity index (χ3v) is 5.52. The number of rotatable bonds is 3. The summed E-state index contributed by atoms with van der Waals surface area (Å²) in [4.78, 5) is 14.9. The minimum absolute atomic E-state index is 0.0839. The van der Waals surface area contributed by atoms with Gasteiger partial charge < -0.3 is 14.7 Å². The zero-order chi connectivity index (χ0) is 16.4. The van der Waals surface area contributed by atoms with E-state index in [2.05, 4.69) is 6.92 Å². The number of nitrogens with zero attached hydrogens (tertiary/aromatic N) is 1. The van der Waals surface area contributed by atoms with Crippen molar-refractivity contribution in [2.75, 3.05) is 13.7 Å². The fraction of sp³-hybridized carbons (Fsp3) is 0.632. The highest BCUT2D eigenvalue weighted by atomic mass is 16.5. The average molecular weight is 317 g/mol. The first-order valence-corrected chi connectivity index (χ1v) is 8.73. The van der Waals surface area contributed by atoms with Gasteiger partial charge in [-0.05, 0) is 62.3 Å². The summed E-state index contributed by atoms with van der Waals surface area (Å²) in [5, 5.41) is 10.4. The summed E-state index contributed by atoms with van der Waals surface area (Å²) < 4.78 is 5.16. The van der Waals surface area contributed by atoms with E-state index in [0.29, 0.717) is 11.5 Å². The molecule has 1 aromatic carbocycles. The normalized spacial score (nSPS) is 31.2. The molecule has 2 aliphatic rings. The van der Waals surface area contributed by atoms with Crippen LogP contribution in [0.3, 0.4) is 0 Å². The van der Waals surface area contributed by atoms with Gasteiger partial charge in [-0.15, -0.1) is 0 Å². The van der Waals surface area contributed by atoms with E-state index in [1.165, 1.54) is 0 Å². The molecule has 4 nitrogen and oxygen atoms in total. The predicted molar refractivity (Wildman–Crippen MR) is 89.6 cm³/mol. The molecule has 1 saturated carbocycles. The molecule has 1 saturated heterocycles. The third kappa shape index (κ3) is 3.37. The standard InChI is InChI=1S/C19H27NO3/c1-13-5-10-18(21)16(12-13)17-4-3-11-20(17)19(22)14-6-8-15(23-2)9-7-14/h6-9,13,16-18,21H,3-5,10-12H2,1-2H3/t13-,16-,17+,18-/m0/s1. The van der Waals surface area contributed by atoms with Crippen LogP contribution in [0, 0.1) is 11.8 Å². The van der Waals surface area contributed by atoms with E-state index < -0.39 is 0 Å². The molecule has 1 amide bonds. The summed E-state index contributed by atoms with van der Waals surface area (Å²) in [6.45, 7) is 3.05. The van der Waals surface area contributed by atoms with Crippen LogP contribution in [0.2, 0.25) is 0 Å². The summed E-state index contributed by atoms with van der Waals surface area (Å²) in [7, 11) is 1.62. The van der Waals surface area contributed by atoms with Crippen molar-refractivity contribution in [1.82, 2.24) is 4.90 Å². The second-order valence-corrected chi connectivity index (χ2v) is 7.09. The van der Waals surface area contributed by atoms with Gasteiger partial charge in [-0.1, -0.05) is 6.92 Å². The summed E-state index contributed by atoms with van der Waals surface area (Å²) in [6.07, 6.45) is 4.77. The summed E-state index contributed by atoms with van der Waals surface area (Å²) in [6, 6.07) is 7.50. The molecule has 4 atom stereocenters. The fourth-order valence-corrected chi connectivity index (χ4v) is 4.21. The molecule has 0 bridgehead atoms. The Bertz CT molecular complexity index is 542. The lowest BCUT2D eigenvalue weighted by molar-refractivity contribution is 0.00860. The second-order valence-electron chi connectivity index (χ2n) is 7.09. The first-order valence-electron chi connectivity index (χ1n) is 8.73. The average Bonchev–Trinajstić information content (AvgIpc) is 3.06. The lowest BCUT2D eigenvalue weighted by Gasteiger charge is -2.39. The van der Waals surface area contributed by atoms with Crippen LogP contribution in [-0.2, 0) is 0 Å². The molecule has 0 spiro atoms. The zero-order valence-corrected chi connectivity index (χ0v) is 14.1. The highest BCUT2D eigenvalue weighted by Crippen LogP contribution is 2.37. The number of hydrogen-bond acceptors (Lipinski definition) is 3. The maximum Gasteiger partial charge on any atom is 0.254 e. The highest BCUT2D eigenvalue weighted by Gasteiger charge is 2.40. The van der Waals surface area contributed by atoms with Crippen LogP contribution in [0.5, 0.6) is 5.75 Å². The van der Waals surface area contributed by atoms with Crippen LogP contribution in [0.1, 0.15) is 49.4 Å². The van der Waals surface area contributed by atoms with E-state index in [-0.39, 0.29) is 24.0 Å². The van der Waals surface area contributed by atoms with Gasteiger partial charge in [0.25, 0.3) is 5.91 Å². The van der Waals surface area contributed by atoms with Gasteiger partial charge in [0.15, 0.2) is 0 Å². The maximum atomic E-state index is 12.9. The van der Waals surface area contributed by atoms with Crippen molar-refractivity contribution in [3.63, 3.8) is 0 Å². The van der Waals surface area contributed by atoms with Gasteiger partial charge in [-0.25, -0.2) is 0 Å². The number of aliphatic hydroxyl groups is 1. The summed E-state index contributed by atoms with van der Waals surface area (Å²) >= 11 is 0. The Hall–Kier alpha value is -1.55. The van der Waals surface area contributed by atoms with E-state index in [1.54, 1.807) is 7.11 Å². The Morgan fingerprint density at radius 3 is 2.65 bits per heavy atom. The smallest absolute Gasteiger partial charge is 0.254 e. The molecule has 1 aliphatic carbocycles. The van der Waals surface area contributed by atoms with E-state index in [0.717, 1.165) is 44.4 Å². The van der Waals surface area contributed by atoms with Gasteiger partial charge in [0.2, 0.25) is 0 Å². The van der Waals surface area contributed by atoms with Gasteiger partial charge >= 0.3 is 0 Å². The van der Waals surface area contributed by atoms with Gasteiger partial charge in [0.1, 0.15) is 5.75 Å². The van der Waals surface area contributed by atoms with E-state index >= 15 is 0 Å². The number of ether oxygens (including phenoxy) is 1. The zero-order valence-electron chi connectivity index (χ0n) is 14.1. The maximum absolute atomic E-state index is 12.9. The first kappa shape index (κ1) is 16.3. The van der Waals surface area contributed by atoms with Crippen LogP contribution in [0.4, 0.5) is 0 Å². The van der Waals surface area contributed by atoms with Gasteiger partial charge in [-0.2, -0.15) is 0 Å². The van der Waals surface area contributed by atoms with Gasteiger partial charge in [-0.3, -0.25) is 4.79 Å². The number of hydrogen-bond donors (Lipinski definition) is 1. The van der Waals surface area contributed by atoms with Crippen molar-refractivity contribution in [1.29, 1.82) is 0 Å². The molecule has 23 heavy (non-hydrogen) atoms. The van der Waals surface area contributed by atoms with Gasteiger partial charge in [0.05, 0.1) is 13.2 Å². The Kier molecular flexibility index (Phi) is 4.90. The number of benzene rings is 1. The van der Waals surface area contributed by atoms with Crippen LogP contribution in [-0.4, -0.2) is 41.7 Å². The number of methoxy groups -OCH3 is 1. The van der Waals surface area contributed by atoms with E-state index in [9.17, 15) is 9.90 Å². The molecule has 3 rings (SSSR count). The Morgan fingerprint density at radius 2 is 1.96 bits per heavy atom. The molecule has 1 N–H and O–H groups in total. The van der Waals surface area contributed by atoms with Crippen molar-refractivity contribution in [2.24, 2.45) is 11.8 Å². The molecule has 126 valence electrons. The number of likely N-dealkylation sites (tertiary alicyclic amines) is 1. The van der Waals surface area contributed by atoms with Crippen LogP contribution in [0.15, 0.2) is 24.3 Å². The highest BCUT2D eigenvalue weighted by molar-refractivity contribution is 5.94. The summed E-state index contributed by atoms with van der Waals surface area (Å²) in [5.41, 5.74) is 0.705. The Morgan fingerprint density at radius 1 is 1.22 bits per heavy atom. The molecule has 1 aromatic rings. The lowest BCUT2D eigenvalue weighted by atomic mass is 9.76. The van der Waals surface area contributed by atoms with Crippen LogP contribution in [0.25, 0.3) is 0 Å². The Balaban J connectivity index is 1.76. The number of aliphatic hydroxyl groups excluding tert-OH is 1. The van der Waals surface area contributed by atoms with Crippen molar-refractivity contribution in [3.8, 4) is 5.75 Å². The topological polar surface area (TPSA) is 49.8 Å². The SMILES string of the molecule is COc1ccc(C(=O)N2CCC[C@@H]2[C@@H]2C[C@@H](C)CC[C@@H]2O)cc1. The molecular formula is C19H27NO3. The molecule has 1 aliphatic heterocycles. The fourth-order valence-electron chi connectivity index (χ4n) is 4.21. The molecule has 1 heterocycles. The molecule has 2 fully saturated rings. The predicted octanol–water partition coefficient (Wildman–Crippen LogP) is 3.10. The third-order valence-electron chi connectivity index (χ3n) is 5.52. The van der Waals surface area contributed by atoms with Crippen LogP contribution >= 0.6 is 0 Å². The van der Waals surface area contributed by atoms with E-state index in [1.807, 2.05) is 29.2 Å². The largest absolute Gasteiger partial charge is 0.497 e. The minimum Gasteiger partial charge on any atom is -0.497 e. The molecular weight excluding hydrogens is 290 g/mol. The van der Waals surface area contributed by atoms with Crippen molar-refractivity contribution in [2.45, 2.75) is 51.2 Å². The number of carbonyl (C=O) groups excluding carboxylic acids is 1. The first-order chi connectivity index (χ1) is 11.1. The van der Waals surface area contributed by atoms with Crippen LogP contribution < -0.4 is 4.74 Å². The van der Waals surface area contributed by atoms with E-state index in [4.69, 9.17) is 4.74 Å². The molecule has 0 aromatic heterocycles. The second kappa shape index (κ2) is 6.91. The van der Waals surface area contributed by atoms with Crippen molar-refractivity contribution >= 4 is 5.91 Å². The number of carbonyl (C=O) groups is 1. The molecule has 0 unspecified atom stereocenters. The Labute approximate surface area is 138 Å².